The molecule has 0 bridgehead atoms. The zero-order valence-electron chi connectivity index (χ0n) is 10.9. The first-order chi connectivity index (χ1) is 8.56. The zero-order valence-corrected chi connectivity index (χ0v) is 11.7. The smallest absolute Gasteiger partial charge is 0.325 e. The molecular formula is C13H19NO3S. The SMILES string of the molecule is COC(C)C(C)N1CCc2sccc2C1C(=O)O. The summed E-state index contributed by atoms with van der Waals surface area (Å²) in [5.41, 5.74) is 0.953. The van der Waals surface area contributed by atoms with Crippen molar-refractivity contribution in [3.05, 3.63) is 21.9 Å². The van der Waals surface area contributed by atoms with Gasteiger partial charge in [0.25, 0.3) is 0 Å². The lowest BCUT2D eigenvalue weighted by Crippen LogP contribution is -2.48. The van der Waals surface area contributed by atoms with Crippen molar-refractivity contribution < 1.29 is 14.6 Å². The van der Waals surface area contributed by atoms with Crippen LogP contribution in [0, 0.1) is 0 Å². The summed E-state index contributed by atoms with van der Waals surface area (Å²) in [6.45, 7) is 4.79. The summed E-state index contributed by atoms with van der Waals surface area (Å²) in [7, 11) is 1.66. The van der Waals surface area contributed by atoms with Crippen LogP contribution in [0.5, 0.6) is 0 Å². The molecule has 1 aliphatic rings. The molecule has 3 unspecified atom stereocenters. The van der Waals surface area contributed by atoms with Crippen molar-refractivity contribution >= 4 is 17.3 Å². The fraction of sp³-hybridized carbons (Fsp3) is 0.615. The number of aliphatic carboxylic acids is 1. The summed E-state index contributed by atoms with van der Waals surface area (Å²) in [5, 5.41) is 11.5. The van der Waals surface area contributed by atoms with Crippen LogP contribution in [0.1, 0.15) is 30.3 Å². The Balaban J connectivity index is 2.30. The van der Waals surface area contributed by atoms with E-state index in [4.69, 9.17) is 4.74 Å². The summed E-state index contributed by atoms with van der Waals surface area (Å²) < 4.78 is 5.33. The van der Waals surface area contributed by atoms with Gasteiger partial charge in [0, 0.05) is 24.6 Å². The maximum atomic E-state index is 11.6. The molecule has 0 saturated heterocycles. The molecule has 0 radical (unpaired) electrons. The van der Waals surface area contributed by atoms with E-state index in [9.17, 15) is 9.90 Å². The Labute approximate surface area is 111 Å². The van der Waals surface area contributed by atoms with Crippen LogP contribution in [0.25, 0.3) is 0 Å². The molecule has 2 heterocycles. The van der Waals surface area contributed by atoms with Crippen molar-refractivity contribution in [2.24, 2.45) is 0 Å². The summed E-state index contributed by atoms with van der Waals surface area (Å²) in [6.07, 6.45) is 0.949. The minimum atomic E-state index is -0.774. The van der Waals surface area contributed by atoms with Gasteiger partial charge in [-0.1, -0.05) is 0 Å². The van der Waals surface area contributed by atoms with E-state index in [1.165, 1.54) is 4.88 Å². The van der Waals surface area contributed by atoms with E-state index in [2.05, 4.69) is 0 Å². The summed E-state index contributed by atoms with van der Waals surface area (Å²) >= 11 is 1.65. The van der Waals surface area contributed by atoms with Crippen molar-refractivity contribution in [2.45, 2.75) is 38.5 Å². The van der Waals surface area contributed by atoms with Gasteiger partial charge in [-0.3, -0.25) is 9.69 Å². The molecule has 0 fully saturated rings. The summed E-state index contributed by atoms with van der Waals surface area (Å²) in [5.74, 6) is -0.774. The van der Waals surface area contributed by atoms with Gasteiger partial charge >= 0.3 is 5.97 Å². The van der Waals surface area contributed by atoms with Crippen molar-refractivity contribution in [2.75, 3.05) is 13.7 Å². The van der Waals surface area contributed by atoms with E-state index in [1.807, 2.05) is 30.2 Å². The second kappa shape index (κ2) is 5.38. The van der Waals surface area contributed by atoms with E-state index < -0.39 is 12.0 Å². The number of carboxylic acid groups (broad SMARTS) is 1. The van der Waals surface area contributed by atoms with Gasteiger partial charge in [-0.2, -0.15) is 0 Å². The van der Waals surface area contributed by atoms with Crippen LogP contribution in [-0.4, -0.2) is 41.8 Å². The third-order valence-electron chi connectivity index (χ3n) is 3.81. The first-order valence-corrected chi connectivity index (χ1v) is 7.01. The van der Waals surface area contributed by atoms with Crippen molar-refractivity contribution in [1.82, 2.24) is 4.90 Å². The number of rotatable bonds is 4. The molecule has 1 aromatic rings. The molecule has 18 heavy (non-hydrogen) atoms. The molecule has 2 rings (SSSR count). The van der Waals surface area contributed by atoms with Gasteiger partial charge < -0.3 is 9.84 Å². The van der Waals surface area contributed by atoms with E-state index in [0.29, 0.717) is 0 Å². The highest BCUT2D eigenvalue weighted by atomic mass is 32.1. The quantitative estimate of drug-likeness (QED) is 0.910. The molecule has 100 valence electrons. The fourth-order valence-electron chi connectivity index (χ4n) is 2.52. The lowest BCUT2D eigenvalue weighted by Gasteiger charge is -2.39. The van der Waals surface area contributed by atoms with Crippen LogP contribution < -0.4 is 0 Å². The molecular weight excluding hydrogens is 250 g/mol. The minimum absolute atomic E-state index is 0.0204. The Kier molecular flexibility index (Phi) is 4.04. The number of hydrogen-bond donors (Lipinski definition) is 1. The van der Waals surface area contributed by atoms with Gasteiger partial charge in [-0.15, -0.1) is 11.3 Å². The summed E-state index contributed by atoms with van der Waals surface area (Å²) in [4.78, 5) is 14.8. The zero-order chi connectivity index (χ0) is 13.3. The van der Waals surface area contributed by atoms with E-state index in [1.54, 1.807) is 18.4 Å². The van der Waals surface area contributed by atoms with Gasteiger partial charge in [-0.25, -0.2) is 0 Å². The van der Waals surface area contributed by atoms with Crippen LogP contribution in [0.3, 0.4) is 0 Å². The van der Waals surface area contributed by atoms with Gasteiger partial charge in [0.05, 0.1) is 6.10 Å². The molecule has 1 N–H and O–H groups in total. The highest BCUT2D eigenvalue weighted by Crippen LogP contribution is 2.35. The van der Waals surface area contributed by atoms with Crippen LogP contribution in [0.15, 0.2) is 11.4 Å². The maximum Gasteiger partial charge on any atom is 0.325 e. The van der Waals surface area contributed by atoms with Crippen molar-refractivity contribution in [1.29, 1.82) is 0 Å². The number of ether oxygens (including phenoxy) is 1. The number of methoxy groups -OCH3 is 1. The van der Waals surface area contributed by atoms with Gasteiger partial charge in [0.2, 0.25) is 0 Å². The second-order valence-corrected chi connectivity index (χ2v) is 5.71. The topological polar surface area (TPSA) is 49.8 Å². The molecule has 4 nitrogen and oxygen atoms in total. The number of fused-ring (bicyclic) bond motifs is 1. The lowest BCUT2D eigenvalue weighted by atomic mass is 9.97. The standard InChI is InChI=1S/C13H19NO3S/c1-8(9(2)17-3)14-6-4-11-10(5-7-18-11)12(14)13(15)16/h5,7-9,12H,4,6H2,1-3H3,(H,15,16). The Morgan fingerprint density at radius 3 is 2.94 bits per heavy atom. The molecule has 5 heteroatoms. The van der Waals surface area contributed by atoms with E-state index >= 15 is 0 Å². The van der Waals surface area contributed by atoms with Crippen LogP contribution in [-0.2, 0) is 16.0 Å². The van der Waals surface area contributed by atoms with E-state index in [0.717, 1.165) is 18.5 Å². The molecule has 0 saturated carbocycles. The monoisotopic (exact) mass is 269 g/mol. The largest absolute Gasteiger partial charge is 0.480 e. The van der Waals surface area contributed by atoms with Gasteiger partial charge in [0.1, 0.15) is 6.04 Å². The summed E-state index contributed by atoms with van der Waals surface area (Å²) in [6, 6.07) is 1.49. The van der Waals surface area contributed by atoms with Crippen molar-refractivity contribution in [3.63, 3.8) is 0 Å². The highest BCUT2D eigenvalue weighted by molar-refractivity contribution is 7.10. The predicted molar refractivity (Wildman–Crippen MR) is 71.0 cm³/mol. The number of nitrogens with zero attached hydrogens (tertiary/aromatic N) is 1. The Morgan fingerprint density at radius 1 is 1.61 bits per heavy atom. The van der Waals surface area contributed by atoms with Gasteiger partial charge in [-0.05, 0) is 37.3 Å². The Hall–Kier alpha value is -0.910. The predicted octanol–water partition coefficient (Wildman–Crippen LogP) is 2.16. The minimum Gasteiger partial charge on any atom is -0.480 e. The molecule has 0 aromatic carbocycles. The fourth-order valence-corrected chi connectivity index (χ4v) is 3.42. The highest BCUT2D eigenvalue weighted by Gasteiger charge is 2.37. The molecule has 1 aromatic heterocycles. The Morgan fingerprint density at radius 2 is 2.33 bits per heavy atom. The van der Waals surface area contributed by atoms with Crippen LogP contribution in [0.2, 0.25) is 0 Å². The van der Waals surface area contributed by atoms with E-state index in [-0.39, 0.29) is 12.1 Å². The third kappa shape index (κ3) is 2.30. The van der Waals surface area contributed by atoms with Gasteiger partial charge in [0.15, 0.2) is 0 Å². The number of thiophene rings is 1. The molecule has 0 amide bonds. The number of carboxylic acids is 1. The number of carbonyl (C=O) groups is 1. The Bertz CT molecular complexity index is 432. The van der Waals surface area contributed by atoms with Crippen molar-refractivity contribution in [3.8, 4) is 0 Å². The molecule has 3 atom stereocenters. The van der Waals surface area contributed by atoms with Crippen LogP contribution >= 0.6 is 11.3 Å². The second-order valence-electron chi connectivity index (χ2n) is 4.71. The van der Waals surface area contributed by atoms with Crippen LogP contribution in [0.4, 0.5) is 0 Å². The normalized spacial score (nSPS) is 23.4. The molecule has 1 aliphatic heterocycles. The number of hydrogen-bond acceptors (Lipinski definition) is 4. The lowest BCUT2D eigenvalue weighted by molar-refractivity contribution is -0.146. The first-order valence-electron chi connectivity index (χ1n) is 6.14. The molecule has 0 spiro atoms. The maximum absolute atomic E-state index is 11.6. The average molecular weight is 269 g/mol. The molecule has 0 aliphatic carbocycles. The first kappa shape index (κ1) is 13.5. The average Bonchev–Trinajstić information content (AvgIpc) is 2.83. The third-order valence-corrected chi connectivity index (χ3v) is 4.81.